The fraction of sp³-hybridized carbons (Fsp3) is 0.462. The van der Waals surface area contributed by atoms with Crippen molar-refractivity contribution < 1.29 is 5.11 Å². The highest BCUT2D eigenvalue weighted by atomic mass is 16.3. The third-order valence-electron chi connectivity index (χ3n) is 3.59. The zero-order valence-electron chi connectivity index (χ0n) is 8.63. The van der Waals surface area contributed by atoms with Crippen LogP contribution in [0.1, 0.15) is 36.3 Å². The minimum Gasteiger partial charge on any atom is -0.393 e. The summed E-state index contributed by atoms with van der Waals surface area (Å²) in [5, 5.41) is 9.62. The third-order valence-corrected chi connectivity index (χ3v) is 3.59. The number of aliphatic hydroxyl groups excluding tert-OH is 1. The number of aliphatic hydroxyl groups is 1. The predicted molar refractivity (Wildman–Crippen MR) is 60.4 cm³/mol. The first-order valence-electron chi connectivity index (χ1n) is 5.65. The molecule has 2 heteroatoms. The minimum absolute atomic E-state index is 0.145. The Hall–Kier alpha value is -1.15. The number of hydrogen-bond donors (Lipinski definition) is 1. The average molecular weight is 201 g/mol. The number of fused-ring (bicyclic) bond motifs is 3. The Labute approximate surface area is 89.7 Å². The Balaban J connectivity index is 1.99. The number of aliphatic imine (C=N–C) groups is 1. The second-order valence-corrected chi connectivity index (χ2v) is 4.55. The largest absolute Gasteiger partial charge is 0.393 e. The smallest absolute Gasteiger partial charge is 0.0593 e. The summed E-state index contributed by atoms with van der Waals surface area (Å²) in [6.45, 7) is 0. The second kappa shape index (κ2) is 3.46. The van der Waals surface area contributed by atoms with Gasteiger partial charge in [0, 0.05) is 12.1 Å². The maximum Gasteiger partial charge on any atom is 0.0593 e. The van der Waals surface area contributed by atoms with Gasteiger partial charge in [0.1, 0.15) is 0 Å². The van der Waals surface area contributed by atoms with Crippen LogP contribution in [-0.2, 0) is 0 Å². The molecule has 3 atom stereocenters. The van der Waals surface area contributed by atoms with Gasteiger partial charge in [-0.2, -0.15) is 0 Å². The lowest BCUT2D eigenvalue weighted by atomic mass is 9.76. The monoisotopic (exact) mass is 201 g/mol. The molecule has 2 aliphatic rings. The van der Waals surface area contributed by atoms with Crippen LogP contribution in [0.15, 0.2) is 29.3 Å². The van der Waals surface area contributed by atoms with Crippen LogP contribution in [0.2, 0.25) is 0 Å². The van der Waals surface area contributed by atoms with E-state index in [9.17, 15) is 5.11 Å². The van der Waals surface area contributed by atoms with E-state index in [1.165, 1.54) is 11.1 Å². The van der Waals surface area contributed by atoms with Gasteiger partial charge in [-0.05, 0) is 30.4 Å². The van der Waals surface area contributed by atoms with Gasteiger partial charge in [0.2, 0.25) is 0 Å². The summed E-state index contributed by atoms with van der Waals surface area (Å²) < 4.78 is 0. The van der Waals surface area contributed by atoms with Gasteiger partial charge in [-0.25, -0.2) is 0 Å². The molecule has 1 aromatic carbocycles. The van der Waals surface area contributed by atoms with Crippen LogP contribution >= 0.6 is 0 Å². The van der Waals surface area contributed by atoms with Crippen molar-refractivity contribution in [3.63, 3.8) is 0 Å². The lowest BCUT2D eigenvalue weighted by Gasteiger charge is -2.35. The summed E-state index contributed by atoms with van der Waals surface area (Å²) in [5.74, 6) is 0.537. The standard InChI is InChI=1S/C13H15NO/c15-10-5-6-12-11-4-2-1-3-9(11)8-14-13(12)7-10/h1-4,8,10,12-13,15H,5-7H2. The topological polar surface area (TPSA) is 32.6 Å². The van der Waals surface area contributed by atoms with E-state index in [0.717, 1.165) is 19.3 Å². The highest BCUT2D eigenvalue weighted by Gasteiger charge is 2.32. The van der Waals surface area contributed by atoms with Crippen molar-refractivity contribution in [3.8, 4) is 0 Å². The summed E-state index contributed by atoms with van der Waals surface area (Å²) in [4.78, 5) is 4.56. The maximum atomic E-state index is 9.62. The van der Waals surface area contributed by atoms with Gasteiger partial charge in [0.05, 0.1) is 12.1 Å². The van der Waals surface area contributed by atoms with Crippen LogP contribution in [0, 0.1) is 0 Å². The summed E-state index contributed by atoms with van der Waals surface area (Å²) in [6.07, 6.45) is 4.64. The van der Waals surface area contributed by atoms with E-state index in [2.05, 4.69) is 29.3 Å². The first kappa shape index (κ1) is 9.10. The summed E-state index contributed by atoms with van der Waals surface area (Å²) in [5.41, 5.74) is 2.68. The van der Waals surface area contributed by atoms with Crippen molar-refractivity contribution in [3.05, 3.63) is 35.4 Å². The first-order valence-corrected chi connectivity index (χ1v) is 5.65. The van der Waals surface area contributed by atoms with Gasteiger partial charge in [-0.1, -0.05) is 24.3 Å². The van der Waals surface area contributed by atoms with Crippen molar-refractivity contribution in [2.45, 2.75) is 37.3 Å². The van der Waals surface area contributed by atoms with Gasteiger partial charge in [0.25, 0.3) is 0 Å². The summed E-state index contributed by atoms with van der Waals surface area (Å²) >= 11 is 0. The van der Waals surface area contributed by atoms with Crippen LogP contribution < -0.4 is 0 Å². The highest BCUT2D eigenvalue weighted by Crippen LogP contribution is 2.38. The van der Waals surface area contributed by atoms with E-state index >= 15 is 0 Å². The van der Waals surface area contributed by atoms with E-state index in [1.807, 2.05) is 6.21 Å². The fourth-order valence-electron chi connectivity index (χ4n) is 2.79. The molecule has 78 valence electrons. The lowest BCUT2D eigenvalue weighted by molar-refractivity contribution is 0.111. The molecule has 1 heterocycles. The minimum atomic E-state index is -0.145. The molecule has 0 aromatic heterocycles. The zero-order chi connectivity index (χ0) is 10.3. The summed E-state index contributed by atoms with van der Waals surface area (Å²) in [7, 11) is 0. The molecule has 1 N–H and O–H groups in total. The van der Waals surface area contributed by atoms with Gasteiger partial charge in [0.15, 0.2) is 0 Å². The van der Waals surface area contributed by atoms with Gasteiger partial charge >= 0.3 is 0 Å². The van der Waals surface area contributed by atoms with E-state index in [1.54, 1.807) is 0 Å². The molecule has 0 saturated heterocycles. The zero-order valence-corrected chi connectivity index (χ0v) is 8.63. The van der Waals surface area contributed by atoms with Crippen LogP contribution in [0.25, 0.3) is 0 Å². The molecule has 0 spiro atoms. The Kier molecular flexibility index (Phi) is 2.10. The molecular weight excluding hydrogens is 186 g/mol. The van der Waals surface area contributed by atoms with Crippen LogP contribution in [0.5, 0.6) is 0 Å². The molecule has 0 amide bonds. The van der Waals surface area contributed by atoms with E-state index in [0.29, 0.717) is 12.0 Å². The molecule has 1 aromatic rings. The first-order chi connectivity index (χ1) is 7.34. The molecule has 1 saturated carbocycles. The van der Waals surface area contributed by atoms with Gasteiger partial charge in [-0.3, -0.25) is 4.99 Å². The third kappa shape index (κ3) is 1.49. The SMILES string of the molecule is OC1CCC2c3ccccc3C=NC2C1. The number of rotatable bonds is 0. The number of benzene rings is 1. The van der Waals surface area contributed by atoms with Gasteiger partial charge in [-0.15, -0.1) is 0 Å². The number of nitrogens with zero attached hydrogens (tertiary/aromatic N) is 1. The average Bonchev–Trinajstić information content (AvgIpc) is 2.28. The predicted octanol–water partition coefficient (Wildman–Crippen LogP) is 2.12. The van der Waals surface area contributed by atoms with Gasteiger partial charge < -0.3 is 5.11 Å². The van der Waals surface area contributed by atoms with Crippen LogP contribution in [0.3, 0.4) is 0 Å². The molecule has 1 aliphatic heterocycles. The van der Waals surface area contributed by atoms with Crippen molar-refractivity contribution in [1.29, 1.82) is 0 Å². The maximum absolute atomic E-state index is 9.62. The molecular formula is C13H15NO. The Morgan fingerprint density at radius 1 is 1.20 bits per heavy atom. The van der Waals surface area contributed by atoms with Crippen molar-refractivity contribution in [2.24, 2.45) is 4.99 Å². The van der Waals surface area contributed by atoms with E-state index < -0.39 is 0 Å². The highest BCUT2D eigenvalue weighted by molar-refractivity contribution is 5.83. The normalized spacial score (nSPS) is 33.3. The molecule has 3 unspecified atom stereocenters. The Bertz CT molecular complexity index is 399. The molecule has 0 radical (unpaired) electrons. The van der Waals surface area contributed by atoms with Crippen molar-refractivity contribution >= 4 is 6.21 Å². The Morgan fingerprint density at radius 2 is 2.07 bits per heavy atom. The second-order valence-electron chi connectivity index (χ2n) is 4.55. The molecule has 1 fully saturated rings. The van der Waals surface area contributed by atoms with E-state index in [4.69, 9.17) is 0 Å². The molecule has 2 nitrogen and oxygen atoms in total. The van der Waals surface area contributed by atoms with Crippen LogP contribution in [-0.4, -0.2) is 23.5 Å². The lowest BCUT2D eigenvalue weighted by Crippen LogP contribution is -2.32. The molecule has 3 rings (SSSR count). The summed E-state index contributed by atoms with van der Waals surface area (Å²) in [6, 6.07) is 8.79. The quantitative estimate of drug-likeness (QED) is 0.685. The van der Waals surface area contributed by atoms with Crippen LogP contribution in [0.4, 0.5) is 0 Å². The molecule has 15 heavy (non-hydrogen) atoms. The fourth-order valence-corrected chi connectivity index (χ4v) is 2.79. The number of hydrogen-bond acceptors (Lipinski definition) is 2. The Morgan fingerprint density at radius 3 is 3.00 bits per heavy atom. The molecule has 0 bridgehead atoms. The van der Waals surface area contributed by atoms with Crippen molar-refractivity contribution in [2.75, 3.05) is 0 Å². The van der Waals surface area contributed by atoms with E-state index in [-0.39, 0.29) is 6.10 Å². The molecule has 1 aliphatic carbocycles. The van der Waals surface area contributed by atoms with Crippen molar-refractivity contribution in [1.82, 2.24) is 0 Å².